The van der Waals surface area contributed by atoms with Crippen LogP contribution in [0.1, 0.15) is 34.9 Å². The molecule has 0 unspecified atom stereocenters. The van der Waals surface area contributed by atoms with Crippen LogP contribution in [0.3, 0.4) is 0 Å². The molecule has 118 valence electrons. The molecule has 0 amide bonds. The van der Waals surface area contributed by atoms with Gasteiger partial charge in [0, 0.05) is 13.0 Å². The van der Waals surface area contributed by atoms with Crippen LogP contribution in [0, 0.1) is 0 Å². The number of carboxylic acid groups (broad SMARTS) is 1. The smallest absolute Gasteiger partial charge is 0.358 e. The summed E-state index contributed by atoms with van der Waals surface area (Å²) in [6.45, 7) is 3.08. The molecule has 0 bridgehead atoms. The van der Waals surface area contributed by atoms with Gasteiger partial charge in [-0.3, -0.25) is 0 Å². The molecule has 1 saturated carbocycles. The molecule has 2 rings (SSSR count). The van der Waals surface area contributed by atoms with Crippen LogP contribution in [0.5, 0.6) is 0 Å². The van der Waals surface area contributed by atoms with Crippen LogP contribution in [0.25, 0.3) is 0 Å². The van der Waals surface area contributed by atoms with Crippen molar-refractivity contribution in [3.05, 3.63) is 11.4 Å². The van der Waals surface area contributed by atoms with Gasteiger partial charge >= 0.3 is 5.97 Å². The van der Waals surface area contributed by atoms with Crippen molar-refractivity contribution in [1.29, 1.82) is 0 Å². The molecule has 0 radical (unpaired) electrons. The van der Waals surface area contributed by atoms with Crippen LogP contribution in [0.4, 0.5) is 0 Å². The van der Waals surface area contributed by atoms with Gasteiger partial charge in [-0.05, 0) is 12.8 Å². The SMILES string of the molecule is COCCOCCOCCn1nnc(C(=O)O)c1C1CC1. The van der Waals surface area contributed by atoms with Gasteiger partial charge in [-0.2, -0.15) is 0 Å². The van der Waals surface area contributed by atoms with E-state index in [0.717, 1.165) is 18.5 Å². The van der Waals surface area contributed by atoms with Crippen molar-refractivity contribution in [2.75, 3.05) is 40.1 Å². The monoisotopic (exact) mass is 299 g/mol. The molecule has 0 aromatic carbocycles. The number of hydrogen-bond donors (Lipinski definition) is 1. The average Bonchev–Trinajstić information content (AvgIpc) is 3.21. The van der Waals surface area contributed by atoms with E-state index in [1.54, 1.807) is 11.8 Å². The first-order chi connectivity index (χ1) is 10.2. The largest absolute Gasteiger partial charge is 0.476 e. The predicted molar refractivity (Wildman–Crippen MR) is 72.5 cm³/mol. The van der Waals surface area contributed by atoms with E-state index in [4.69, 9.17) is 19.3 Å². The molecule has 1 aliphatic rings. The molecule has 8 nitrogen and oxygen atoms in total. The molecule has 1 aromatic heterocycles. The van der Waals surface area contributed by atoms with Crippen LogP contribution < -0.4 is 0 Å². The fourth-order valence-corrected chi connectivity index (χ4v) is 2.01. The van der Waals surface area contributed by atoms with E-state index < -0.39 is 5.97 Å². The molecule has 1 N–H and O–H groups in total. The lowest BCUT2D eigenvalue weighted by Crippen LogP contribution is -2.14. The zero-order valence-electron chi connectivity index (χ0n) is 12.2. The Balaban J connectivity index is 1.70. The van der Waals surface area contributed by atoms with Crippen LogP contribution in [-0.2, 0) is 20.8 Å². The molecule has 21 heavy (non-hydrogen) atoms. The second-order valence-corrected chi connectivity index (χ2v) is 4.84. The van der Waals surface area contributed by atoms with E-state index in [-0.39, 0.29) is 11.6 Å². The Kier molecular flexibility index (Phi) is 6.09. The highest BCUT2D eigenvalue weighted by Crippen LogP contribution is 2.41. The highest BCUT2D eigenvalue weighted by atomic mass is 16.5. The summed E-state index contributed by atoms with van der Waals surface area (Å²) in [6.07, 6.45) is 2.00. The number of aromatic nitrogens is 3. The maximum atomic E-state index is 11.1. The number of ether oxygens (including phenoxy) is 3. The Hall–Kier alpha value is -1.51. The number of nitrogens with zero attached hydrogens (tertiary/aromatic N) is 3. The van der Waals surface area contributed by atoms with Crippen molar-refractivity contribution < 1.29 is 24.1 Å². The Morgan fingerprint density at radius 3 is 2.52 bits per heavy atom. The molecule has 1 aliphatic carbocycles. The summed E-state index contributed by atoms with van der Waals surface area (Å²) in [5.41, 5.74) is 0.794. The van der Waals surface area contributed by atoms with Gasteiger partial charge in [-0.1, -0.05) is 5.21 Å². The zero-order valence-corrected chi connectivity index (χ0v) is 12.2. The fourth-order valence-electron chi connectivity index (χ4n) is 2.01. The fraction of sp³-hybridized carbons (Fsp3) is 0.769. The Morgan fingerprint density at radius 1 is 1.24 bits per heavy atom. The molecule has 0 saturated heterocycles. The second-order valence-electron chi connectivity index (χ2n) is 4.84. The van der Waals surface area contributed by atoms with E-state index in [1.165, 1.54) is 0 Å². The molecule has 0 atom stereocenters. The third kappa shape index (κ3) is 4.76. The third-order valence-corrected chi connectivity index (χ3v) is 3.19. The van der Waals surface area contributed by atoms with Crippen molar-refractivity contribution in [3.63, 3.8) is 0 Å². The quantitative estimate of drug-likeness (QED) is 0.595. The Morgan fingerprint density at radius 2 is 1.90 bits per heavy atom. The molecule has 8 heteroatoms. The zero-order chi connectivity index (χ0) is 15.1. The van der Waals surface area contributed by atoms with Crippen molar-refractivity contribution in [3.8, 4) is 0 Å². The molecular formula is C13H21N3O5. The van der Waals surface area contributed by atoms with Crippen molar-refractivity contribution in [1.82, 2.24) is 15.0 Å². The maximum absolute atomic E-state index is 11.1. The van der Waals surface area contributed by atoms with Crippen molar-refractivity contribution >= 4 is 5.97 Å². The van der Waals surface area contributed by atoms with Crippen molar-refractivity contribution in [2.45, 2.75) is 25.3 Å². The lowest BCUT2D eigenvalue weighted by molar-refractivity contribution is 0.0223. The number of rotatable bonds is 11. The van der Waals surface area contributed by atoms with Gasteiger partial charge < -0.3 is 19.3 Å². The molecule has 0 spiro atoms. The summed E-state index contributed by atoms with van der Waals surface area (Å²) >= 11 is 0. The summed E-state index contributed by atoms with van der Waals surface area (Å²) in [6, 6.07) is 0. The van der Waals surface area contributed by atoms with E-state index in [0.29, 0.717) is 39.6 Å². The molecular weight excluding hydrogens is 278 g/mol. The minimum absolute atomic E-state index is 0.0698. The molecule has 0 aliphatic heterocycles. The number of methoxy groups -OCH3 is 1. The first-order valence-electron chi connectivity index (χ1n) is 7.05. The summed E-state index contributed by atoms with van der Waals surface area (Å²) in [7, 11) is 1.63. The Labute approximate surface area is 123 Å². The second kappa shape index (κ2) is 8.06. The first kappa shape index (κ1) is 15.9. The van der Waals surface area contributed by atoms with E-state index >= 15 is 0 Å². The van der Waals surface area contributed by atoms with Gasteiger partial charge in [0.25, 0.3) is 0 Å². The average molecular weight is 299 g/mol. The number of hydrogen-bond acceptors (Lipinski definition) is 6. The maximum Gasteiger partial charge on any atom is 0.358 e. The summed E-state index contributed by atoms with van der Waals surface area (Å²) in [4.78, 5) is 11.1. The lowest BCUT2D eigenvalue weighted by Gasteiger charge is -2.07. The highest BCUT2D eigenvalue weighted by molar-refractivity contribution is 5.86. The van der Waals surface area contributed by atoms with Crippen molar-refractivity contribution in [2.24, 2.45) is 0 Å². The van der Waals surface area contributed by atoms with Gasteiger partial charge in [0.1, 0.15) is 0 Å². The van der Waals surface area contributed by atoms with E-state index in [2.05, 4.69) is 10.3 Å². The van der Waals surface area contributed by atoms with Crippen LogP contribution in [0.2, 0.25) is 0 Å². The minimum atomic E-state index is -1.02. The predicted octanol–water partition coefficient (Wildman–Crippen LogP) is 0.533. The summed E-state index contributed by atoms with van der Waals surface area (Å²) in [5, 5.41) is 16.8. The van der Waals surface area contributed by atoms with Crippen LogP contribution in [0.15, 0.2) is 0 Å². The van der Waals surface area contributed by atoms with Gasteiger partial charge in [0.2, 0.25) is 0 Å². The lowest BCUT2D eigenvalue weighted by atomic mass is 10.2. The third-order valence-electron chi connectivity index (χ3n) is 3.19. The number of aromatic carboxylic acids is 1. The van der Waals surface area contributed by atoms with Crippen LogP contribution in [-0.4, -0.2) is 66.2 Å². The Bertz CT molecular complexity index is 459. The normalized spacial score (nSPS) is 14.5. The molecule has 1 heterocycles. The minimum Gasteiger partial charge on any atom is -0.476 e. The van der Waals surface area contributed by atoms with Gasteiger partial charge in [-0.25, -0.2) is 9.48 Å². The van der Waals surface area contributed by atoms with Gasteiger partial charge in [-0.15, -0.1) is 5.10 Å². The van der Waals surface area contributed by atoms with Gasteiger partial charge in [0.15, 0.2) is 5.69 Å². The highest BCUT2D eigenvalue weighted by Gasteiger charge is 2.33. The molecule has 1 aromatic rings. The van der Waals surface area contributed by atoms with Gasteiger partial charge in [0.05, 0.1) is 45.3 Å². The first-order valence-corrected chi connectivity index (χ1v) is 7.05. The van der Waals surface area contributed by atoms with E-state index in [9.17, 15) is 4.79 Å². The summed E-state index contributed by atoms with van der Waals surface area (Å²) in [5.74, 6) is -0.737. The standard InChI is InChI=1S/C13H21N3O5/c1-19-6-7-21-9-8-20-5-4-16-12(10-2-3-10)11(13(17)18)14-15-16/h10H,2-9H2,1H3,(H,17,18). The number of carbonyl (C=O) groups is 1. The summed E-state index contributed by atoms with van der Waals surface area (Å²) < 4.78 is 17.2. The number of carboxylic acids is 1. The van der Waals surface area contributed by atoms with Crippen LogP contribution >= 0.6 is 0 Å². The molecule has 1 fully saturated rings. The topological polar surface area (TPSA) is 95.7 Å². The van der Waals surface area contributed by atoms with E-state index in [1.807, 2.05) is 0 Å².